The topological polar surface area (TPSA) is 77.1 Å². The number of para-hydroxylation sites is 1. The molecule has 0 bridgehead atoms. The van der Waals surface area contributed by atoms with Crippen LogP contribution >= 0.6 is 15.9 Å². The van der Waals surface area contributed by atoms with E-state index in [0.717, 1.165) is 11.3 Å². The number of hydrogen-bond acceptors (Lipinski definition) is 5. The minimum absolute atomic E-state index is 0.0322. The number of nitrogens with one attached hydrogen (secondary N) is 1. The van der Waals surface area contributed by atoms with Gasteiger partial charge in [0.2, 0.25) is 0 Å². The lowest BCUT2D eigenvalue weighted by Crippen LogP contribution is -2.35. The van der Waals surface area contributed by atoms with Gasteiger partial charge in [-0.25, -0.2) is 5.01 Å². The molecule has 0 unspecified atom stereocenters. The highest BCUT2D eigenvalue weighted by Gasteiger charge is 2.34. The Labute approximate surface area is 212 Å². The largest absolute Gasteiger partial charge is 0.493 e. The molecule has 3 aromatic rings. The summed E-state index contributed by atoms with van der Waals surface area (Å²) >= 11 is 3.52. The van der Waals surface area contributed by atoms with Crippen LogP contribution in [0.25, 0.3) is 6.08 Å². The van der Waals surface area contributed by atoms with Gasteiger partial charge in [-0.05, 0) is 76.5 Å². The van der Waals surface area contributed by atoms with Crippen molar-refractivity contribution in [3.8, 4) is 17.2 Å². The number of anilines is 1. The Bertz CT molecular complexity index is 1260. The first-order valence-electron chi connectivity index (χ1n) is 11.1. The lowest BCUT2D eigenvalue weighted by atomic mass is 10.1. The summed E-state index contributed by atoms with van der Waals surface area (Å²) in [6.07, 6.45) is 2.21. The van der Waals surface area contributed by atoms with Crippen molar-refractivity contribution in [2.75, 3.05) is 25.3 Å². The first-order chi connectivity index (χ1) is 17.0. The van der Waals surface area contributed by atoms with Crippen LogP contribution in [0.5, 0.6) is 17.2 Å². The Morgan fingerprint density at radius 3 is 2.49 bits per heavy atom. The fraction of sp³-hybridized carbons (Fsp3) is 0.185. The van der Waals surface area contributed by atoms with Crippen LogP contribution < -0.4 is 24.6 Å². The highest BCUT2D eigenvalue weighted by molar-refractivity contribution is 9.10. The summed E-state index contributed by atoms with van der Waals surface area (Å²) in [5.41, 5.74) is 4.98. The molecule has 1 heterocycles. The van der Waals surface area contributed by atoms with Crippen LogP contribution in [-0.2, 0) is 9.59 Å². The predicted octanol–water partition coefficient (Wildman–Crippen LogP) is 5.08. The van der Waals surface area contributed by atoms with E-state index < -0.39 is 11.8 Å². The Balaban J connectivity index is 1.42. The van der Waals surface area contributed by atoms with Gasteiger partial charge in [0.15, 0.2) is 11.5 Å². The molecule has 1 aliphatic rings. The van der Waals surface area contributed by atoms with Gasteiger partial charge in [-0.3, -0.25) is 15.0 Å². The molecule has 0 aliphatic carbocycles. The summed E-state index contributed by atoms with van der Waals surface area (Å²) in [7, 11) is 1.54. The van der Waals surface area contributed by atoms with Crippen LogP contribution in [0.3, 0.4) is 0 Å². The normalized spacial score (nSPS) is 14.3. The second-order valence-electron chi connectivity index (χ2n) is 7.88. The molecule has 1 saturated heterocycles. The summed E-state index contributed by atoms with van der Waals surface area (Å²) in [6, 6.07) is 20.3. The van der Waals surface area contributed by atoms with Crippen LogP contribution in [0.15, 0.2) is 76.8 Å². The minimum Gasteiger partial charge on any atom is -0.493 e. The first-order valence-corrected chi connectivity index (χ1v) is 11.9. The second kappa shape index (κ2) is 11.1. The number of amides is 2. The van der Waals surface area contributed by atoms with Crippen molar-refractivity contribution in [3.05, 3.63) is 87.9 Å². The van der Waals surface area contributed by atoms with E-state index in [1.165, 1.54) is 18.2 Å². The number of carbonyl (C=O) groups excluding carboxylic acids is 2. The number of benzene rings is 3. The van der Waals surface area contributed by atoms with E-state index in [0.29, 0.717) is 46.9 Å². The van der Waals surface area contributed by atoms with E-state index in [-0.39, 0.29) is 5.57 Å². The van der Waals surface area contributed by atoms with Gasteiger partial charge in [-0.15, -0.1) is 0 Å². The lowest BCUT2D eigenvalue weighted by molar-refractivity contribution is -0.117. The number of carbonyl (C=O) groups is 2. The average molecular weight is 537 g/mol. The van der Waals surface area contributed by atoms with Gasteiger partial charge in [-0.1, -0.05) is 30.3 Å². The average Bonchev–Trinajstić information content (AvgIpc) is 3.13. The van der Waals surface area contributed by atoms with Gasteiger partial charge >= 0.3 is 0 Å². The molecule has 4 rings (SSSR count). The summed E-state index contributed by atoms with van der Waals surface area (Å²) in [5.74, 6) is 0.959. The third-order valence-electron chi connectivity index (χ3n) is 5.26. The third kappa shape index (κ3) is 5.84. The first kappa shape index (κ1) is 24.3. The molecule has 180 valence electrons. The highest BCUT2D eigenvalue weighted by Crippen LogP contribution is 2.37. The molecule has 1 fully saturated rings. The summed E-state index contributed by atoms with van der Waals surface area (Å²) in [4.78, 5) is 25.3. The van der Waals surface area contributed by atoms with Gasteiger partial charge < -0.3 is 14.2 Å². The fourth-order valence-corrected chi connectivity index (χ4v) is 4.15. The SMILES string of the molecule is COc1cc(C=C2C(=O)NN(c3ccccc3)C2=O)cc(Br)c1OCCCOc1cccc(C)c1. The third-order valence-corrected chi connectivity index (χ3v) is 5.85. The van der Waals surface area contributed by atoms with E-state index in [1.54, 1.807) is 36.4 Å². The van der Waals surface area contributed by atoms with Gasteiger partial charge in [0.1, 0.15) is 11.3 Å². The Morgan fingerprint density at radius 1 is 0.971 bits per heavy atom. The Kier molecular flexibility index (Phi) is 7.72. The smallest absolute Gasteiger partial charge is 0.282 e. The van der Waals surface area contributed by atoms with Crippen molar-refractivity contribution in [2.45, 2.75) is 13.3 Å². The molecule has 0 saturated carbocycles. The number of halogens is 1. The molecule has 1 N–H and O–H groups in total. The van der Waals surface area contributed by atoms with Crippen molar-refractivity contribution < 1.29 is 23.8 Å². The maximum Gasteiger partial charge on any atom is 0.282 e. The molecule has 8 heteroatoms. The van der Waals surface area contributed by atoms with E-state index in [1.807, 2.05) is 37.3 Å². The summed E-state index contributed by atoms with van der Waals surface area (Å²) < 4.78 is 17.8. The zero-order valence-corrected chi connectivity index (χ0v) is 21.0. The molecule has 35 heavy (non-hydrogen) atoms. The van der Waals surface area contributed by atoms with Crippen LogP contribution in [0, 0.1) is 6.92 Å². The van der Waals surface area contributed by atoms with E-state index in [4.69, 9.17) is 14.2 Å². The standard InChI is InChI=1S/C27H25BrN2O5/c1-18-8-6-11-21(14-18)34-12-7-13-35-25-23(28)16-19(17-24(25)33-2)15-22-26(31)29-30(27(22)32)20-9-4-3-5-10-20/h3-6,8-11,14-17H,7,12-13H2,1-2H3,(H,29,31). The number of hydrazine groups is 1. The van der Waals surface area contributed by atoms with Crippen molar-refractivity contribution in [2.24, 2.45) is 0 Å². The Morgan fingerprint density at radius 2 is 1.74 bits per heavy atom. The molecular weight excluding hydrogens is 512 g/mol. The van der Waals surface area contributed by atoms with Gasteiger partial charge in [0.25, 0.3) is 11.8 Å². The fourth-order valence-electron chi connectivity index (χ4n) is 3.57. The number of rotatable bonds is 9. The number of nitrogens with zero attached hydrogens (tertiary/aromatic N) is 1. The van der Waals surface area contributed by atoms with E-state index >= 15 is 0 Å². The molecule has 0 aromatic heterocycles. The van der Waals surface area contributed by atoms with E-state index in [9.17, 15) is 9.59 Å². The molecule has 1 aliphatic heterocycles. The molecular formula is C27H25BrN2O5. The van der Waals surface area contributed by atoms with Gasteiger partial charge in [-0.2, -0.15) is 0 Å². The number of aryl methyl sites for hydroxylation is 1. The second-order valence-corrected chi connectivity index (χ2v) is 8.73. The van der Waals surface area contributed by atoms with Crippen molar-refractivity contribution in [1.82, 2.24) is 5.43 Å². The Hall–Kier alpha value is -3.78. The predicted molar refractivity (Wildman–Crippen MR) is 138 cm³/mol. The maximum atomic E-state index is 12.8. The number of hydrogen-bond donors (Lipinski definition) is 1. The molecule has 0 radical (unpaired) electrons. The van der Waals surface area contributed by atoms with Crippen molar-refractivity contribution in [3.63, 3.8) is 0 Å². The van der Waals surface area contributed by atoms with Gasteiger partial charge in [0, 0.05) is 6.42 Å². The zero-order chi connectivity index (χ0) is 24.8. The molecule has 0 spiro atoms. The van der Waals surface area contributed by atoms with Crippen LogP contribution in [0.2, 0.25) is 0 Å². The molecule has 3 aromatic carbocycles. The molecule has 0 atom stereocenters. The lowest BCUT2D eigenvalue weighted by Gasteiger charge is -2.14. The quantitative estimate of drug-likeness (QED) is 0.234. The van der Waals surface area contributed by atoms with Gasteiger partial charge in [0.05, 0.1) is 30.5 Å². The molecule has 7 nitrogen and oxygen atoms in total. The summed E-state index contributed by atoms with van der Waals surface area (Å²) in [5, 5.41) is 1.23. The van der Waals surface area contributed by atoms with Crippen LogP contribution in [0.1, 0.15) is 17.5 Å². The van der Waals surface area contributed by atoms with Crippen LogP contribution in [-0.4, -0.2) is 32.1 Å². The zero-order valence-electron chi connectivity index (χ0n) is 19.4. The maximum absolute atomic E-state index is 12.8. The molecule has 2 amide bonds. The number of methoxy groups -OCH3 is 1. The van der Waals surface area contributed by atoms with E-state index in [2.05, 4.69) is 21.4 Å². The number of ether oxygens (including phenoxy) is 3. The minimum atomic E-state index is -0.470. The van der Waals surface area contributed by atoms with Crippen molar-refractivity contribution >= 4 is 39.5 Å². The van der Waals surface area contributed by atoms with Crippen molar-refractivity contribution in [1.29, 1.82) is 0 Å². The monoisotopic (exact) mass is 536 g/mol. The highest BCUT2D eigenvalue weighted by atomic mass is 79.9. The summed E-state index contributed by atoms with van der Waals surface area (Å²) in [6.45, 7) is 2.96. The van der Waals surface area contributed by atoms with Crippen LogP contribution in [0.4, 0.5) is 5.69 Å².